The SMILES string of the molecule is Cc1ccc(S(=O)(=O)n2cc(C3=CCN(C(=O)OC(C)(C)C)CC3)c3cc(-c4ccccc4O)nnc32)cc1. The van der Waals surface area contributed by atoms with Crippen LogP contribution in [0.2, 0.25) is 0 Å². The Morgan fingerprint density at radius 1 is 1.03 bits per heavy atom. The maximum atomic E-state index is 13.7. The second-order valence-corrected chi connectivity index (χ2v) is 12.4. The number of fused-ring (bicyclic) bond motifs is 1. The summed E-state index contributed by atoms with van der Waals surface area (Å²) in [4.78, 5) is 14.3. The molecule has 1 amide bonds. The lowest BCUT2D eigenvalue weighted by Gasteiger charge is -2.29. The highest BCUT2D eigenvalue weighted by Gasteiger charge is 2.28. The Bertz CT molecular complexity index is 1700. The van der Waals surface area contributed by atoms with Gasteiger partial charge >= 0.3 is 6.09 Å². The van der Waals surface area contributed by atoms with E-state index in [9.17, 15) is 18.3 Å². The minimum Gasteiger partial charge on any atom is -0.507 e. The van der Waals surface area contributed by atoms with Gasteiger partial charge in [0.25, 0.3) is 10.0 Å². The van der Waals surface area contributed by atoms with Crippen molar-refractivity contribution >= 4 is 32.7 Å². The molecule has 0 saturated carbocycles. The molecule has 4 aromatic rings. The summed E-state index contributed by atoms with van der Waals surface area (Å²) in [6.07, 6.45) is 3.58. The van der Waals surface area contributed by atoms with E-state index in [2.05, 4.69) is 10.2 Å². The largest absolute Gasteiger partial charge is 0.507 e. The summed E-state index contributed by atoms with van der Waals surface area (Å²) in [5.74, 6) is 0.0456. The van der Waals surface area contributed by atoms with Gasteiger partial charge in [0.2, 0.25) is 0 Å². The first-order valence-corrected chi connectivity index (χ1v) is 14.0. The number of ether oxygens (including phenoxy) is 1. The van der Waals surface area contributed by atoms with Gasteiger partial charge in [-0.25, -0.2) is 17.2 Å². The first kappa shape index (κ1) is 26.4. The molecule has 0 spiro atoms. The van der Waals surface area contributed by atoms with Crippen LogP contribution in [0, 0.1) is 6.92 Å². The molecule has 1 aliphatic heterocycles. The zero-order valence-electron chi connectivity index (χ0n) is 22.2. The van der Waals surface area contributed by atoms with Crippen molar-refractivity contribution in [3.63, 3.8) is 0 Å². The Kier molecular flexibility index (Phi) is 6.67. The molecule has 0 fully saturated rings. The van der Waals surface area contributed by atoms with Gasteiger partial charge in [-0.2, -0.15) is 0 Å². The van der Waals surface area contributed by atoms with Crippen LogP contribution in [0.5, 0.6) is 5.75 Å². The number of hydrogen-bond acceptors (Lipinski definition) is 7. The van der Waals surface area contributed by atoms with Gasteiger partial charge in [-0.1, -0.05) is 35.9 Å². The number of nitrogens with zero attached hydrogens (tertiary/aromatic N) is 4. The van der Waals surface area contributed by atoms with Gasteiger partial charge in [0, 0.05) is 35.8 Å². The van der Waals surface area contributed by atoms with Crippen LogP contribution in [-0.2, 0) is 14.8 Å². The maximum absolute atomic E-state index is 13.7. The number of amides is 1. The summed E-state index contributed by atoms with van der Waals surface area (Å²) in [5.41, 5.74) is 2.99. The molecule has 0 unspecified atom stereocenters. The number of aromatic hydroxyl groups is 1. The van der Waals surface area contributed by atoms with E-state index in [1.54, 1.807) is 65.7 Å². The van der Waals surface area contributed by atoms with Crippen LogP contribution in [0.25, 0.3) is 27.9 Å². The highest BCUT2D eigenvalue weighted by atomic mass is 32.2. The number of aromatic nitrogens is 3. The molecule has 9 nitrogen and oxygen atoms in total. The second-order valence-electron chi connectivity index (χ2n) is 10.5. The third-order valence-electron chi connectivity index (χ3n) is 6.48. The topological polar surface area (TPSA) is 115 Å². The number of carbonyl (C=O) groups is 1. The molecule has 10 heteroatoms. The second kappa shape index (κ2) is 9.85. The fourth-order valence-corrected chi connectivity index (χ4v) is 5.80. The lowest BCUT2D eigenvalue weighted by atomic mass is 9.99. The van der Waals surface area contributed by atoms with Crippen LogP contribution in [0.3, 0.4) is 0 Å². The summed E-state index contributed by atoms with van der Waals surface area (Å²) in [6.45, 7) is 8.10. The molecular weight excluding hydrogens is 516 g/mol. The van der Waals surface area contributed by atoms with Crippen molar-refractivity contribution in [3.8, 4) is 17.0 Å². The Morgan fingerprint density at radius 3 is 2.38 bits per heavy atom. The normalized spacial score (nSPS) is 14.4. The van der Waals surface area contributed by atoms with Crippen molar-refractivity contribution in [1.29, 1.82) is 0 Å². The van der Waals surface area contributed by atoms with E-state index in [1.807, 2.05) is 33.8 Å². The van der Waals surface area contributed by atoms with Gasteiger partial charge in [-0.15, -0.1) is 10.2 Å². The first-order chi connectivity index (χ1) is 18.4. The molecule has 0 atom stereocenters. The van der Waals surface area contributed by atoms with Crippen molar-refractivity contribution in [3.05, 3.63) is 78.0 Å². The molecule has 0 bridgehead atoms. The van der Waals surface area contributed by atoms with Gasteiger partial charge in [0.15, 0.2) is 5.65 Å². The van der Waals surface area contributed by atoms with Crippen LogP contribution in [-0.4, -0.2) is 57.4 Å². The van der Waals surface area contributed by atoms with E-state index in [4.69, 9.17) is 4.74 Å². The van der Waals surface area contributed by atoms with E-state index in [0.717, 1.165) is 15.1 Å². The van der Waals surface area contributed by atoms with Crippen molar-refractivity contribution in [2.45, 2.75) is 44.6 Å². The van der Waals surface area contributed by atoms with E-state index >= 15 is 0 Å². The number of para-hydroxylation sites is 1. The molecule has 39 heavy (non-hydrogen) atoms. The fourth-order valence-electron chi connectivity index (χ4n) is 4.49. The number of phenolic OH excluding ortho intramolecular Hbond substituents is 1. The summed E-state index contributed by atoms with van der Waals surface area (Å²) >= 11 is 0. The number of phenols is 1. The predicted octanol–water partition coefficient (Wildman–Crippen LogP) is 5.37. The summed E-state index contributed by atoms with van der Waals surface area (Å²) in [7, 11) is -3.98. The third kappa shape index (κ3) is 5.24. The molecule has 0 radical (unpaired) electrons. The fraction of sp³-hybridized carbons (Fsp3) is 0.276. The van der Waals surface area contributed by atoms with Gasteiger partial charge in [0.1, 0.15) is 11.4 Å². The number of rotatable bonds is 4. The molecule has 2 aromatic heterocycles. The lowest BCUT2D eigenvalue weighted by molar-refractivity contribution is 0.0270. The number of hydrogen-bond donors (Lipinski definition) is 1. The van der Waals surface area contributed by atoms with E-state index in [0.29, 0.717) is 41.7 Å². The van der Waals surface area contributed by atoms with Gasteiger partial charge < -0.3 is 14.7 Å². The smallest absolute Gasteiger partial charge is 0.410 e. The molecule has 5 rings (SSSR count). The minimum atomic E-state index is -3.98. The molecule has 0 aliphatic carbocycles. The Hall–Kier alpha value is -4.18. The highest BCUT2D eigenvalue weighted by molar-refractivity contribution is 7.90. The quantitative estimate of drug-likeness (QED) is 0.366. The monoisotopic (exact) mass is 546 g/mol. The molecule has 202 valence electrons. The standard InChI is InChI=1S/C29H30N4O5S/c1-19-9-11-21(12-10-19)39(36,37)33-18-24(20-13-15-32(16-14-20)28(35)38-29(2,3)4)23-17-25(30-31-27(23)33)22-7-5-6-8-26(22)34/h5-13,17-18,34H,14-16H2,1-4H3. The summed E-state index contributed by atoms with van der Waals surface area (Å²) in [5, 5.41) is 19.6. The molecule has 2 aromatic carbocycles. The van der Waals surface area contributed by atoms with Crippen molar-refractivity contribution in [2.24, 2.45) is 0 Å². The van der Waals surface area contributed by atoms with E-state index in [-0.39, 0.29) is 16.3 Å². The minimum absolute atomic E-state index is 0.0456. The number of aryl methyl sites for hydroxylation is 1. The van der Waals surface area contributed by atoms with E-state index in [1.165, 1.54) is 0 Å². The van der Waals surface area contributed by atoms with Crippen LogP contribution in [0.1, 0.15) is 38.3 Å². The van der Waals surface area contributed by atoms with E-state index < -0.39 is 21.7 Å². The van der Waals surface area contributed by atoms with Crippen LogP contribution in [0.4, 0.5) is 4.79 Å². The zero-order valence-corrected chi connectivity index (χ0v) is 23.1. The van der Waals surface area contributed by atoms with Crippen LogP contribution in [0.15, 0.2) is 71.8 Å². The average Bonchev–Trinajstić information content (AvgIpc) is 3.28. The molecule has 3 heterocycles. The number of carbonyl (C=O) groups excluding carboxylic acids is 1. The molecule has 0 saturated heterocycles. The first-order valence-electron chi connectivity index (χ1n) is 12.6. The van der Waals surface area contributed by atoms with Gasteiger partial charge in [-0.3, -0.25) is 0 Å². The summed E-state index contributed by atoms with van der Waals surface area (Å²) < 4.78 is 34.1. The van der Waals surface area contributed by atoms with Crippen molar-refractivity contribution in [2.75, 3.05) is 13.1 Å². The summed E-state index contributed by atoms with van der Waals surface area (Å²) in [6, 6.07) is 15.2. The average molecular weight is 547 g/mol. The van der Waals surface area contributed by atoms with Crippen LogP contribution < -0.4 is 0 Å². The molecular formula is C29H30N4O5S. The van der Waals surface area contributed by atoms with Crippen molar-refractivity contribution in [1.82, 2.24) is 19.1 Å². The molecule has 1 N–H and O–H groups in total. The highest BCUT2D eigenvalue weighted by Crippen LogP contribution is 2.35. The van der Waals surface area contributed by atoms with Gasteiger partial charge in [-0.05, 0) is 70.0 Å². The Labute approximate surface area is 227 Å². The molecule has 1 aliphatic rings. The van der Waals surface area contributed by atoms with Crippen LogP contribution >= 0.6 is 0 Å². The zero-order chi connectivity index (χ0) is 27.9. The van der Waals surface area contributed by atoms with Gasteiger partial charge in [0.05, 0.1) is 10.6 Å². The Morgan fingerprint density at radius 2 is 1.74 bits per heavy atom. The maximum Gasteiger partial charge on any atom is 0.410 e. The lowest BCUT2D eigenvalue weighted by Crippen LogP contribution is -2.39. The third-order valence-corrected chi connectivity index (χ3v) is 8.15. The predicted molar refractivity (Wildman–Crippen MR) is 149 cm³/mol. The van der Waals surface area contributed by atoms with Crippen molar-refractivity contribution < 1.29 is 23.1 Å². The Balaban J connectivity index is 1.62. The number of benzene rings is 2.